The highest BCUT2D eigenvalue weighted by atomic mass is 19.1. The van der Waals surface area contributed by atoms with Crippen LogP contribution in [0.5, 0.6) is 5.75 Å². The fraction of sp³-hybridized carbons (Fsp3) is 0.257. The molecule has 2 amide bonds. The molecule has 2 N–H and O–H groups in total. The Morgan fingerprint density at radius 2 is 1.73 bits per heavy atom. The highest BCUT2D eigenvalue weighted by molar-refractivity contribution is 5.95. The summed E-state index contributed by atoms with van der Waals surface area (Å²) in [5.74, 6) is -1.65. The number of rotatable bonds is 13. The van der Waals surface area contributed by atoms with Crippen molar-refractivity contribution in [2.24, 2.45) is 0 Å². The molecule has 1 aliphatic heterocycles. The van der Waals surface area contributed by atoms with Gasteiger partial charge in [0.2, 0.25) is 5.91 Å². The lowest BCUT2D eigenvalue weighted by Crippen LogP contribution is -2.42. The topological polar surface area (TPSA) is 79.9 Å². The summed E-state index contributed by atoms with van der Waals surface area (Å²) < 4.78 is 39.1. The average Bonchev–Trinajstić information content (AvgIpc) is 3.45. The smallest absolute Gasteiger partial charge is 0.251 e. The number of anilines is 1. The Hall–Kier alpha value is -4.76. The van der Waals surface area contributed by atoms with Crippen LogP contribution < -0.4 is 15.4 Å². The summed E-state index contributed by atoms with van der Waals surface area (Å²) in [4.78, 5) is 28.9. The van der Waals surface area contributed by atoms with Crippen molar-refractivity contribution in [1.29, 1.82) is 0 Å². The van der Waals surface area contributed by atoms with Crippen molar-refractivity contribution >= 4 is 17.5 Å². The molecule has 0 aliphatic carbocycles. The third-order valence-electron chi connectivity index (χ3n) is 7.78. The largest absolute Gasteiger partial charge is 0.497 e. The van der Waals surface area contributed by atoms with Crippen LogP contribution in [0.3, 0.4) is 0 Å². The zero-order chi connectivity index (χ0) is 30.9. The molecule has 0 saturated carbocycles. The van der Waals surface area contributed by atoms with E-state index in [1.165, 1.54) is 31.4 Å². The molecule has 0 fully saturated rings. The minimum absolute atomic E-state index is 0.00200. The predicted octanol–water partition coefficient (Wildman–Crippen LogP) is 6.09. The van der Waals surface area contributed by atoms with Crippen LogP contribution in [-0.4, -0.2) is 50.2 Å². The second-order valence-electron chi connectivity index (χ2n) is 10.7. The van der Waals surface area contributed by atoms with E-state index in [4.69, 9.17) is 9.47 Å². The molecule has 1 aliphatic rings. The summed E-state index contributed by atoms with van der Waals surface area (Å²) in [6.45, 7) is 1.25. The normalized spacial score (nSPS) is 14.3. The van der Waals surface area contributed by atoms with E-state index in [2.05, 4.69) is 10.6 Å². The van der Waals surface area contributed by atoms with Crippen molar-refractivity contribution in [1.82, 2.24) is 10.2 Å². The standard InChI is InChI=1S/C35H35F2N3O4/c1-43-30-9-5-8-26(18-30)34(41)39-21-32(25-10-12-28(36)13-11-25)35(42)40(23-44-22-24-6-3-2-4-7-24)17-16-27-20-38-33-15-14-29(37)19-31(27)33/h2-15,18-19,27,32,38H,16-17,20-23H2,1H3,(H,39,41)/t27?,32-/m0/s1. The fourth-order valence-corrected chi connectivity index (χ4v) is 5.36. The fourth-order valence-electron chi connectivity index (χ4n) is 5.36. The minimum Gasteiger partial charge on any atom is -0.497 e. The number of fused-ring (bicyclic) bond motifs is 1. The molecule has 1 heterocycles. The first kappa shape index (κ1) is 30.7. The van der Waals surface area contributed by atoms with Gasteiger partial charge in [-0.3, -0.25) is 9.59 Å². The summed E-state index contributed by atoms with van der Waals surface area (Å²) >= 11 is 0. The number of nitrogens with zero attached hydrogens (tertiary/aromatic N) is 1. The molecule has 0 aromatic heterocycles. The van der Waals surface area contributed by atoms with Crippen LogP contribution >= 0.6 is 0 Å². The van der Waals surface area contributed by atoms with Gasteiger partial charge in [0.1, 0.15) is 24.1 Å². The van der Waals surface area contributed by atoms with Gasteiger partial charge >= 0.3 is 0 Å². The summed E-state index contributed by atoms with van der Waals surface area (Å²) in [7, 11) is 1.52. The van der Waals surface area contributed by atoms with E-state index in [0.717, 1.165) is 16.8 Å². The first-order chi connectivity index (χ1) is 21.4. The minimum atomic E-state index is -0.808. The summed E-state index contributed by atoms with van der Waals surface area (Å²) in [6.07, 6.45) is 0.566. The predicted molar refractivity (Wildman–Crippen MR) is 165 cm³/mol. The quantitative estimate of drug-likeness (QED) is 0.182. The van der Waals surface area contributed by atoms with E-state index < -0.39 is 11.7 Å². The van der Waals surface area contributed by atoms with Crippen molar-refractivity contribution in [2.75, 3.05) is 38.8 Å². The third kappa shape index (κ3) is 7.79. The van der Waals surface area contributed by atoms with Crippen molar-refractivity contribution in [2.45, 2.75) is 24.9 Å². The first-order valence-corrected chi connectivity index (χ1v) is 14.5. The van der Waals surface area contributed by atoms with Crippen LogP contribution in [0.2, 0.25) is 0 Å². The molecule has 228 valence electrons. The van der Waals surface area contributed by atoms with Gasteiger partial charge in [0.15, 0.2) is 0 Å². The lowest BCUT2D eigenvalue weighted by atomic mass is 9.95. The lowest BCUT2D eigenvalue weighted by molar-refractivity contribution is -0.139. The molecule has 1 unspecified atom stereocenters. The highest BCUT2D eigenvalue weighted by Gasteiger charge is 2.29. The number of ether oxygens (including phenoxy) is 2. The number of carbonyl (C=O) groups excluding carboxylic acids is 2. The number of benzene rings is 4. The Kier molecular flexibility index (Phi) is 10.2. The molecule has 0 bridgehead atoms. The Balaban J connectivity index is 1.35. The van der Waals surface area contributed by atoms with Crippen molar-refractivity contribution < 1.29 is 27.8 Å². The molecule has 4 aromatic carbocycles. The van der Waals surface area contributed by atoms with Crippen LogP contribution in [0.25, 0.3) is 0 Å². The third-order valence-corrected chi connectivity index (χ3v) is 7.78. The summed E-state index contributed by atoms with van der Waals surface area (Å²) in [5.41, 5.74) is 3.68. The number of nitrogens with one attached hydrogen (secondary N) is 2. The maximum Gasteiger partial charge on any atom is 0.251 e. The number of methoxy groups -OCH3 is 1. The second-order valence-corrected chi connectivity index (χ2v) is 10.7. The molecular formula is C35H35F2N3O4. The van der Waals surface area contributed by atoms with Gasteiger partial charge < -0.3 is 25.0 Å². The molecule has 2 atom stereocenters. The molecule has 4 aromatic rings. The van der Waals surface area contributed by atoms with Gasteiger partial charge in [-0.05, 0) is 71.6 Å². The second kappa shape index (κ2) is 14.6. The maximum atomic E-state index is 14.2. The molecular weight excluding hydrogens is 564 g/mol. The number of hydrogen-bond donors (Lipinski definition) is 2. The van der Waals surface area contributed by atoms with Gasteiger partial charge in [-0.2, -0.15) is 0 Å². The van der Waals surface area contributed by atoms with Crippen molar-refractivity contribution in [3.63, 3.8) is 0 Å². The van der Waals surface area contributed by atoms with E-state index in [1.54, 1.807) is 47.4 Å². The van der Waals surface area contributed by atoms with Crippen LogP contribution in [-0.2, 0) is 16.1 Å². The Morgan fingerprint density at radius 3 is 2.50 bits per heavy atom. The van der Waals surface area contributed by atoms with Crippen LogP contribution in [0.15, 0.2) is 97.1 Å². The number of hydrogen-bond acceptors (Lipinski definition) is 5. The first-order valence-electron chi connectivity index (χ1n) is 14.5. The molecule has 5 rings (SSSR count). The average molecular weight is 600 g/mol. The van der Waals surface area contributed by atoms with Gasteiger partial charge in [-0.25, -0.2) is 8.78 Å². The van der Waals surface area contributed by atoms with E-state index in [9.17, 15) is 18.4 Å². The van der Waals surface area contributed by atoms with Crippen molar-refractivity contribution in [3.05, 3.63) is 131 Å². The molecule has 0 spiro atoms. The monoisotopic (exact) mass is 599 g/mol. The van der Waals surface area contributed by atoms with Crippen LogP contribution in [0.1, 0.15) is 45.3 Å². The highest BCUT2D eigenvalue weighted by Crippen LogP contribution is 2.34. The molecule has 0 saturated heterocycles. The Bertz CT molecular complexity index is 1570. The van der Waals surface area contributed by atoms with Gasteiger partial charge in [0.05, 0.1) is 19.6 Å². The lowest BCUT2D eigenvalue weighted by Gasteiger charge is -2.29. The Labute approximate surface area is 255 Å². The van der Waals surface area contributed by atoms with Crippen molar-refractivity contribution in [3.8, 4) is 5.75 Å². The van der Waals surface area contributed by atoms with Gasteiger partial charge in [-0.15, -0.1) is 0 Å². The van der Waals surface area contributed by atoms with E-state index in [0.29, 0.717) is 43.0 Å². The molecule has 7 nitrogen and oxygen atoms in total. The zero-order valence-corrected chi connectivity index (χ0v) is 24.5. The van der Waals surface area contributed by atoms with Gasteiger partial charge in [-0.1, -0.05) is 48.5 Å². The SMILES string of the molecule is COc1cccc(C(=O)NC[C@H](C(=O)N(CCC2CNc3ccc(F)cc32)COCc2ccccc2)c2ccc(F)cc2)c1. The maximum absolute atomic E-state index is 14.2. The molecule has 44 heavy (non-hydrogen) atoms. The Morgan fingerprint density at radius 1 is 0.955 bits per heavy atom. The van der Waals surface area contributed by atoms with Crippen LogP contribution in [0, 0.1) is 11.6 Å². The van der Waals surface area contributed by atoms with Gasteiger partial charge in [0.25, 0.3) is 5.91 Å². The summed E-state index contributed by atoms with van der Waals surface area (Å²) in [6, 6.07) is 26.8. The van der Waals surface area contributed by atoms with Crippen LogP contribution in [0.4, 0.5) is 14.5 Å². The molecule has 9 heteroatoms. The number of halogens is 2. The number of amides is 2. The zero-order valence-electron chi connectivity index (χ0n) is 24.5. The van der Waals surface area contributed by atoms with E-state index in [1.807, 2.05) is 30.3 Å². The summed E-state index contributed by atoms with van der Waals surface area (Å²) in [5, 5.41) is 6.18. The van der Waals surface area contributed by atoms with Gasteiger partial charge in [0, 0.05) is 36.8 Å². The van der Waals surface area contributed by atoms with E-state index in [-0.39, 0.29) is 36.8 Å². The number of carbonyl (C=O) groups is 2. The van der Waals surface area contributed by atoms with E-state index >= 15 is 0 Å². The molecule has 0 radical (unpaired) electrons.